The van der Waals surface area contributed by atoms with Gasteiger partial charge in [0.15, 0.2) is 0 Å². The molecule has 35 heavy (non-hydrogen) atoms. The lowest BCUT2D eigenvalue weighted by Gasteiger charge is -2.26. The number of aliphatic carboxylic acids is 1. The van der Waals surface area contributed by atoms with E-state index in [1.165, 1.54) is 13.3 Å². The van der Waals surface area contributed by atoms with Crippen LogP contribution >= 0.6 is 0 Å². The molecule has 1 amide bonds. The number of aromatic nitrogens is 1. The van der Waals surface area contributed by atoms with Gasteiger partial charge in [-0.3, -0.25) is 9.59 Å². The first kappa shape index (κ1) is 25.9. The number of rotatable bonds is 9. The summed E-state index contributed by atoms with van der Waals surface area (Å²) >= 11 is 0. The summed E-state index contributed by atoms with van der Waals surface area (Å²) in [6.07, 6.45) is 0.870. The molecule has 1 atom stereocenters. The third kappa shape index (κ3) is 6.44. The van der Waals surface area contributed by atoms with Crippen LogP contribution in [0.3, 0.4) is 0 Å². The number of pyridine rings is 1. The van der Waals surface area contributed by atoms with Crippen molar-refractivity contribution in [2.24, 2.45) is 11.8 Å². The van der Waals surface area contributed by atoms with Crippen LogP contribution in [0.4, 0.5) is 14.6 Å². The number of carbonyl (C=O) groups is 2. The number of nitriles is 1. The van der Waals surface area contributed by atoms with Crippen LogP contribution in [0, 0.1) is 23.2 Å². The summed E-state index contributed by atoms with van der Waals surface area (Å²) in [6, 6.07) is 7.50. The number of alkyl halides is 2. The van der Waals surface area contributed by atoms with E-state index in [0.717, 1.165) is 6.07 Å². The average molecular weight is 487 g/mol. The molecule has 0 radical (unpaired) electrons. The minimum atomic E-state index is -2.87. The number of carboxylic acids is 1. The van der Waals surface area contributed by atoms with Crippen LogP contribution in [-0.2, 0) is 4.79 Å². The van der Waals surface area contributed by atoms with E-state index in [1.54, 1.807) is 25.1 Å². The van der Waals surface area contributed by atoms with Crippen molar-refractivity contribution in [1.29, 1.82) is 5.26 Å². The summed E-state index contributed by atoms with van der Waals surface area (Å²) in [4.78, 5) is 27.7. The molecule has 1 aromatic carbocycles. The first-order chi connectivity index (χ1) is 16.7. The van der Waals surface area contributed by atoms with E-state index < -0.39 is 29.9 Å². The Kier molecular flexibility index (Phi) is 8.58. The van der Waals surface area contributed by atoms with E-state index in [-0.39, 0.29) is 23.2 Å². The second-order valence-corrected chi connectivity index (χ2v) is 8.66. The fraction of sp³-hybridized carbons (Fsp3) is 0.440. The number of ether oxygens (including phenoxy) is 1. The minimum Gasteiger partial charge on any atom is -0.496 e. The van der Waals surface area contributed by atoms with Crippen molar-refractivity contribution in [3.8, 4) is 11.8 Å². The van der Waals surface area contributed by atoms with Gasteiger partial charge in [0.05, 0.1) is 41.8 Å². The molecular weight excluding hydrogens is 458 g/mol. The van der Waals surface area contributed by atoms with E-state index in [9.17, 15) is 23.6 Å². The molecule has 186 valence electrons. The van der Waals surface area contributed by atoms with Crippen molar-refractivity contribution in [3.05, 3.63) is 52.7 Å². The Morgan fingerprint density at radius 3 is 2.54 bits per heavy atom. The van der Waals surface area contributed by atoms with Crippen molar-refractivity contribution >= 4 is 17.7 Å². The van der Waals surface area contributed by atoms with Crippen LogP contribution in [0.25, 0.3) is 0 Å². The zero-order valence-electron chi connectivity index (χ0n) is 19.6. The zero-order chi connectivity index (χ0) is 25.5. The Morgan fingerprint density at radius 1 is 1.23 bits per heavy atom. The van der Waals surface area contributed by atoms with Gasteiger partial charge in [0.2, 0.25) is 0 Å². The second kappa shape index (κ2) is 11.6. The smallest absolute Gasteiger partial charge is 0.306 e. The summed E-state index contributed by atoms with van der Waals surface area (Å²) in [5.74, 6) is -1.07. The molecule has 0 aliphatic heterocycles. The molecule has 3 N–H and O–H groups in total. The van der Waals surface area contributed by atoms with Gasteiger partial charge in [0, 0.05) is 18.3 Å². The van der Waals surface area contributed by atoms with Crippen molar-refractivity contribution < 1.29 is 28.2 Å². The van der Waals surface area contributed by atoms with Crippen LogP contribution in [-0.4, -0.2) is 35.6 Å². The first-order valence-corrected chi connectivity index (χ1v) is 11.4. The van der Waals surface area contributed by atoms with Gasteiger partial charge < -0.3 is 20.5 Å². The second-order valence-electron chi connectivity index (χ2n) is 8.66. The fourth-order valence-corrected chi connectivity index (χ4v) is 4.27. The quantitative estimate of drug-likeness (QED) is 0.469. The van der Waals surface area contributed by atoms with Crippen LogP contribution in [0.2, 0.25) is 0 Å². The predicted molar refractivity (Wildman–Crippen MR) is 124 cm³/mol. The number of carboxylic acid groups (broad SMARTS) is 1. The number of nitrogens with one attached hydrogen (secondary N) is 2. The van der Waals surface area contributed by atoms with Gasteiger partial charge in [-0.25, -0.2) is 13.8 Å². The number of benzene rings is 1. The highest BCUT2D eigenvalue weighted by molar-refractivity contribution is 5.94. The van der Waals surface area contributed by atoms with E-state index in [2.05, 4.69) is 15.6 Å². The lowest BCUT2D eigenvalue weighted by Crippen LogP contribution is -2.32. The maximum absolute atomic E-state index is 13.8. The molecule has 1 aliphatic rings. The Morgan fingerprint density at radius 2 is 1.94 bits per heavy atom. The molecule has 3 rings (SSSR count). The highest BCUT2D eigenvalue weighted by atomic mass is 19.3. The number of methoxy groups -OCH3 is 1. The molecule has 2 aromatic rings. The van der Waals surface area contributed by atoms with Gasteiger partial charge in [-0.2, -0.15) is 5.26 Å². The molecule has 0 saturated heterocycles. The normalized spacial score (nSPS) is 18.4. The van der Waals surface area contributed by atoms with Gasteiger partial charge in [-0.15, -0.1) is 0 Å². The van der Waals surface area contributed by atoms with Gasteiger partial charge in [0.25, 0.3) is 12.3 Å². The summed E-state index contributed by atoms with van der Waals surface area (Å²) in [5.41, 5.74) is 0.608. The van der Waals surface area contributed by atoms with E-state index in [1.807, 2.05) is 6.07 Å². The monoisotopic (exact) mass is 486 g/mol. The maximum Gasteiger partial charge on any atom is 0.306 e. The largest absolute Gasteiger partial charge is 0.496 e. The lowest BCUT2D eigenvalue weighted by atomic mass is 9.82. The van der Waals surface area contributed by atoms with Gasteiger partial charge in [-0.1, -0.05) is 0 Å². The summed E-state index contributed by atoms with van der Waals surface area (Å²) in [6.45, 7) is 2.08. The SMILES string of the molecule is COc1ccc(C#N)cc1C(C)Nc1ncc(C(=O)NCC2CCC(C(=O)O)CC2)cc1C(F)F. The van der Waals surface area contributed by atoms with Gasteiger partial charge in [0.1, 0.15) is 11.6 Å². The van der Waals surface area contributed by atoms with Crippen LogP contribution in [0.1, 0.15) is 72.1 Å². The van der Waals surface area contributed by atoms with Crippen molar-refractivity contribution in [2.75, 3.05) is 19.0 Å². The number of nitrogens with zero attached hydrogens (tertiary/aromatic N) is 2. The van der Waals surface area contributed by atoms with E-state index in [4.69, 9.17) is 9.84 Å². The number of hydrogen-bond donors (Lipinski definition) is 3. The molecule has 8 nitrogen and oxygen atoms in total. The minimum absolute atomic E-state index is 0.0155. The Balaban J connectivity index is 1.69. The Hall–Kier alpha value is -3.74. The molecule has 1 aliphatic carbocycles. The van der Waals surface area contributed by atoms with Crippen molar-refractivity contribution in [3.63, 3.8) is 0 Å². The van der Waals surface area contributed by atoms with Crippen molar-refractivity contribution in [1.82, 2.24) is 10.3 Å². The fourth-order valence-electron chi connectivity index (χ4n) is 4.27. The molecule has 1 saturated carbocycles. The first-order valence-electron chi connectivity index (χ1n) is 11.4. The molecule has 10 heteroatoms. The molecule has 0 spiro atoms. The molecule has 0 bridgehead atoms. The summed E-state index contributed by atoms with van der Waals surface area (Å²) in [7, 11) is 1.48. The lowest BCUT2D eigenvalue weighted by molar-refractivity contribution is -0.143. The number of anilines is 1. The van der Waals surface area contributed by atoms with Crippen molar-refractivity contribution in [2.45, 2.75) is 45.1 Å². The third-order valence-electron chi connectivity index (χ3n) is 6.34. The number of halogens is 2. The topological polar surface area (TPSA) is 124 Å². The molecule has 1 aromatic heterocycles. The predicted octanol–water partition coefficient (Wildman–Crippen LogP) is 4.69. The zero-order valence-corrected chi connectivity index (χ0v) is 19.6. The standard InChI is InChI=1S/C25H28F2N4O4/c1-14(19-9-16(11-28)5-8-21(19)35-2)31-23-20(22(26)27)10-18(13-29-23)24(32)30-12-15-3-6-17(7-4-15)25(33)34/h5,8-10,13-15,17,22H,3-4,6-7,12H2,1-2H3,(H,29,31)(H,30,32)(H,33,34). The highest BCUT2D eigenvalue weighted by Gasteiger charge is 2.26. The molecule has 1 heterocycles. The maximum atomic E-state index is 13.8. The summed E-state index contributed by atoms with van der Waals surface area (Å²) in [5, 5.41) is 24.0. The number of hydrogen-bond acceptors (Lipinski definition) is 6. The van der Waals surface area contributed by atoms with Crippen LogP contribution in [0.15, 0.2) is 30.5 Å². The van der Waals surface area contributed by atoms with E-state index in [0.29, 0.717) is 49.1 Å². The Labute approximate surface area is 202 Å². The molecule has 1 fully saturated rings. The average Bonchev–Trinajstić information content (AvgIpc) is 2.87. The number of amides is 1. The summed E-state index contributed by atoms with van der Waals surface area (Å²) < 4.78 is 33.0. The van der Waals surface area contributed by atoms with E-state index >= 15 is 0 Å². The molecule has 1 unspecified atom stereocenters. The van der Waals surface area contributed by atoms with Crippen LogP contribution < -0.4 is 15.4 Å². The van der Waals surface area contributed by atoms with Crippen LogP contribution in [0.5, 0.6) is 5.75 Å². The van der Waals surface area contributed by atoms with Gasteiger partial charge in [-0.05, 0) is 62.8 Å². The van der Waals surface area contributed by atoms with Gasteiger partial charge >= 0.3 is 5.97 Å². The number of carbonyl (C=O) groups excluding carboxylic acids is 1. The molecular formula is C25H28F2N4O4. The Bertz CT molecular complexity index is 1110. The highest BCUT2D eigenvalue weighted by Crippen LogP contribution is 2.33. The third-order valence-corrected chi connectivity index (χ3v) is 6.34.